The summed E-state index contributed by atoms with van der Waals surface area (Å²) in [6.07, 6.45) is 2.30. The van der Waals surface area contributed by atoms with Crippen molar-refractivity contribution in [3.63, 3.8) is 0 Å². The van der Waals surface area contributed by atoms with Gasteiger partial charge in [-0.3, -0.25) is 9.67 Å². The smallest absolute Gasteiger partial charge is 0.433 e. The SMILES string of the molecule is [O-][n+]1cc(-c2c(-n3cnnn3)ccc(Cl)c2F)ccc1[C@H](Cc1ccn(C(F)F)n1)n1cc(-c2ccnc(C(F)(F)F)c2)cn1. The summed E-state index contributed by atoms with van der Waals surface area (Å²) in [6, 6.07) is 8.17. The Morgan fingerprint density at radius 3 is 2.51 bits per heavy atom. The normalized spacial score (nSPS) is 12.6. The Morgan fingerprint density at radius 1 is 1.00 bits per heavy atom. The molecule has 45 heavy (non-hydrogen) atoms. The van der Waals surface area contributed by atoms with Crippen LogP contribution in [0, 0.1) is 11.0 Å². The van der Waals surface area contributed by atoms with Crippen LogP contribution < -0.4 is 4.73 Å². The molecule has 0 fully saturated rings. The van der Waals surface area contributed by atoms with Crippen molar-refractivity contribution in [2.24, 2.45) is 0 Å². The highest BCUT2D eigenvalue weighted by molar-refractivity contribution is 6.31. The molecule has 0 aliphatic carbocycles. The van der Waals surface area contributed by atoms with Gasteiger partial charge in [-0.1, -0.05) is 11.6 Å². The molecule has 11 nitrogen and oxygen atoms in total. The predicted octanol–water partition coefficient (Wildman–Crippen LogP) is 5.46. The molecule has 0 spiro atoms. The van der Waals surface area contributed by atoms with Gasteiger partial charge < -0.3 is 5.21 Å². The zero-order valence-electron chi connectivity index (χ0n) is 22.4. The number of benzene rings is 1. The lowest BCUT2D eigenvalue weighted by molar-refractivity contribution is -0.615. The lowest BCUT2D eigenvalue weighted by atomic mass is 10.0. The number of nitrogens with zero attached hydrogens (tertiary/aromatic N) is 10. The Labute approximate surface area is 253 Å². The molecule has 1 atom stereocenters. The summed E-state index contributed by atoms with van der Waals surface area (Å²) in [7, 11) is 0. The van der Waals surface area contributed by atoms with Crippen molar-refractivity contribution >= 4 is 11.6 Å². The quantitative estimate of drug-likeness (QED) is 0.122. The van der Waals surface area contributed by atoms with Gasteiger partial charge in [0.2, 0.25) is 5.69 Å². The zero-order valence-corrected chi connectivity index (χ0v) is 23.1. The Kier molecular flexibility index (Phi) is 7.69. The Balaban J connectivity index is 1.43. The number of alkyl halides is 5. The third-order valence-corrected chi connectivity index (χ3v) is 7.11. The van der Waals surface area contributed by atoms with E-state index in [-0.39, 0.29) is 50.8 Å². The summed E-state index contributed by atoms with van der Waals surface area (Å²) in [6.45, 7) is -2.91. The maximum atomic E-state index is 15.3. The van der Waals surface area contributed by atoms with E-state index in [0.717, 1.165) is 24.7 Å². The van der Waals surface area contributed by atoms with Crippen molar-refractivity contribution in [1.82, 2.24) is 44.8 Å². The summed E-state index contributed by atoms with van der Waals surface area (Å²) in [5, 5.41) is 32.3. The highest BCUT2D eigenvalue weighted by Crippen LogP contribution is 2.34. The van der Waals surface area contributed by atoms with Crippen LogP contribution in [0.25, 0.3) is 27.9 Å². The summed E-state index contributed by atoms with van der Waals surface area (Å²) in [4.78, 5) is 3.36. The summed E-state index contributed by atoms with van der Waals surface area (Å²) < 4.78 is 85.0. The fraction of sp³-hybridized carbons (Fsp3) is 0.148. The molecule has 0 saturated heterocycles. The Morgan fingerprint density at radius 2 is 1.82 bits per heavy atom. The molecule has 0 unspecified atom stereocenters. The van der Waals surface area contributed by atoms with Crippen LogP contribution >= 0.6 is 11.6 Å². The summed E-state index contributed by atoms with van der Waals surface area (Å²) >= 11 is 6.04. The van der Waals surface area contributed by atoms with E-state index in [1.165, 1.54) is 64.5 Å². The second-order valence-corrected chi connectivity index (χ2v) is 10.0. The van der Waals surface area contributed by atoms with Crippen LogP contribution in [0.5, 0.6) is 0 Å². The Bertz CT molecular complexity index is 1980. The molecule has 0 saturated carbocycles. The number of aromatic nitrogens is 10. The van der Waals surface area contributed by atoms with Crippen LogP contribution in [0.1, 0.15) is 29.7 Å². The number of halogens is 7. The molecule has 230 valence electrons. The maximum Gasteiger partial charge on any atom is 0.433 e. The number of hydrogen-bond acceptors (Lipinski definition) is 7. The third kappa shape index (κ3) is 5.93. The van der Waals surface area contributed by atoms with Gasteiger partial charge in [-0.25, -0.2) is 9.07 Å². The van der Waals surface area contributed by atoms with Crippen molar-refractivity contribution in [1.29, 1.82) is 0 Å². The minimum atomic E-state index is -4.68. The van der Waals surface area contributed by atoms with Gasteiger partial charge >= 0.3 is 12.7 Å². The van der Waals surface area contributed by atoms with E-state index in [4.69, 9.17) is 11.6 Å². The van der Waals surface area contributed by atoms with E-state index in [1.807, 2.05) is 0 Å². The van der Waals surface area contributed by atoms with Gasteiger partial charge in [-0.2, -0.15) is 41.6 Å². The summed E-state index contributed by atoms with van der Waals surface area (Å²) in [5.41, 5.74) is -0.243. The molecule has 0 bridgehead atoms. The van der Waals surface area contributed by atoms with Crippen molar-refractivity contribution in [3.05, 3.63) is 113 Å². The first-order valence-electron chi connectivity index (χ1n) is 12.8. The topological polar surface area (TPSA) is 119 Å². The molecule has 1 aromatic carbocycles. The van der Waals surface area contributed by atoms with Crippen LogP contribution in [0.2, 0.25) is 5.02 Å². The fourth-order valence-corrected chi connectivity index (χ4v) is 4.88. The van der Waals surface area contributed by atoms with E-state index < -0.39 is 30.3 Å². The van der Waals surface area contributed by atoms with Crippen LogP contribution in [0.15, 0.2) is 79.8 Å². The first-order valence-corrected chi connectivity index (χ1v) is 13.2. The molecule has 0 aliphatic rings. The second kappa shape index (κ2) is 11.6. The number of tetrazole rings is 1. The van der Waals surface area contributed by atoms with Crippen molar-refractivity contribution in [3.8, 4) is 27.9 Å². The molecule has 5 heterocycles. The predicted molar refractivity (Wildman–Crippen MR) is 144 cm³/mol. The molecule has 0 radical (unpaired) electrons. The lowest BCUT2D eigenvalue weighted by Crippen LogP contribution is -2.36. The fourth-order valence-electron chi connectivity index (χ4n) is 4.73. The first-order chi connectivity index (χ1) is 21.5. The molecule has 0 amide bonds. The summed E-state index contributed by atoms with van der Waals surface area (Å²) in [5.74, 6) is -0.834. The second-order valence-electron chi connectivity index (χ2n) is 9.60. The minimum absolute atomic E-state index is 0.0390. The van der Waals surface area contributed by atoms with E-state index in [0.29, 0.717) is 9.41 Å². The number of pyridine rings is 2. The van der Waals surface area contributed by atoms with Gasteiger partial charge in [-0.05, 0) is 52.4 Å². The molecule has 0 N–H and O–H groups in total. The number of rotatable bonds is 8. The van der Waals surface area contributed by atoms with Crippen molar-refractivity contribution in [2.75, 3.05) is 0 Å². The van der Waals surface area contributed by atoms with E-state index in [2.05, 4.69) is 30.7 Å². The standard InChI is InChI=1S/C27H17ClF6N10O/c28-19-2-4-21(43-14-36-39-40-43)24(25(19)29)16-1-3-20(44(45)13-16)22(10-18-6-8-41(38-18)26(30)31)42-12-17(11-37-42)15-5-7-35-23(9-15)27(32,33)34/h1-9,11-14,22,26H,10H2/t22-/m0/s1. The van der Waals surface area contributed by atoms with Crippen LogP contribution in [0.4, 0.5) is 26.3 Å². The monoisotopic (exact) mass is 646 g/mol. The van der Waals surface area contributed by atoms with Gasteiger partial charge in [0, 0.05) is 36.6 Å². The number of hydrogen-bond donors (Lipinski definition) is 0. The molecular formula is C27H17ClF6N10O. The lowest BCUT2D eigenvalue weighted by Gasteiger charge is -2.18. The van der Waals surface area contributed by atoms with Crippen LogP contribution in [0.3, 0.4) is 0 Å². The minimum Gasteiger partial charge on any atom is -0.618 e. The van der Waals surface area contributed by atoms with Crippen molar-refractivity contribution < 1.29 is 31.1 Å². The first kappa shape index (κ1) is 29.7. The van der Waals surface area contributed by atoms with E-state index in [9.17, 15) is 27.2 Å². The van der Waals surface area contributed by atoms with Gasteiger partial charge in [-0.15, -0.1) is 5.10 Å². The third-order valence-electron chi connectivity index (χ3n) is 6.81. The molecule has 18 heteroatoms. The average molecular weight is 647 g/mol. The Hall–Kier alpha value is -5.32. The van der Waals surface area contributed by atoms with Gasteiger partial charge in [0.25, 0.3) is 0 Å². The molecule has 5 aromatic heterocycles. The van der Waals surface area contributed by atoms with Gasteiger partial charge in [0.05, 0.1) is 33.7 Å². The molecule has 0 aliphatic heterocycles. The highest BCUT2D eigenvalue weighted by atomic mass is 35.5. The van der Waals surface area contributed by atoms with Crippen LogP contribution in [-0.4, -0.2) is 44.8 Å². The highest BCUT2D eigenvalue weighted by Gasteiger charge is 2.33. The van der Waals surface area contributed by atoms with E-state index >= 15 is 4.39 Å². The van der Waals surface area contributed by atoms with Gasteiger partial charge in [0.1, 0.15) is 18.1 Å². The molecule has 6 rings (SSSR count). The van der Waals surface area contributed by atoms with Gasteiger partial charge in [0.15, 0.2) is 12.0 Å². The maximum absolute atomic E-state index is 15.3. The molecular weight excluding hydrogens is 630 g/mol. The average Bonchev–Trinajstić information content (AvgIpc) is 3.80. The van der Waals surface area contributed by atoms with Crippen LogP contribution in [-0.2, 0) is 12.6 Å². The molecule has 6 aromatic rings. The largest absolute Gasteiger partial charge is 0.618 e. The van der Waals surface area contributed by atoms with E-state index in [1.54, 1.807) is 0 Å². The zero-order chi connectivity index (χ0) is 31.9. The van der Waals surface area contributed by atoms with Crippen molar-refractivity contribution in [2.45, 2.75) is 25.2 Å².